The number of nitrogens with one attached hydrogen (secondary N) is 1. The van der Waals surface area contributed by atoms with Gasteiger partial charge in [0.15, 0.2) is 0 Å². The van der Waals surface area contributed by atoms with Gasteiger partial charge in [0, 0.05) is 6.04 Å². The molecule has 1 aromatic carbocycles. The molecule has 1 rings (SSSR count). The van der Waals surface area contributed by atoms with Crippen LogP contribution in [0.25, 0.3) is 0 Å². The van der Waals surface area contributed by atoms with Crippen molar-refractivity contribution in [2.45, 2.75) is 39.7 Å². The van der Waals surface area contributed by atoms with Gasteiger partial charge in [-0.2, -0.15) is 0 Å². The van der Waals surface area contributed by atoms with E-state index in [9.17, 15) is 0 Å². The number of aryl methyl sites for hydroxylation is 2. The minimum Gasteiger partial charge on any atom is -0.313 e. The standard InChI is InChI=1S/C13H21N/c1-5-11-7-8-12(6-2)13(9-11)10(3)14-4/h7-10,14H,5-6H2,1-4H3. The van der Waals surface area contributed by atoms with Crippen molar-refractivity contribution in [1.29, 1.82) is 0 Å². The normalized spacial score (nSPS) is 12.9. The third-order valence-electron chi connectivity index (χ3n) is 2.90. The van der Waals surface area contributed by atoms with E-state index in [1.807, 2.05) is 7.05 Å². The van der Waals surface area contributed by atoms with Gasteiger partial charge in [-0.3, -0.25) is 0 Å². The molecular weight excluding hydrogens is 170 g/mol. The zero-order valence-electron chi connectivity index (χ0n) is 9.72. The lowest BCUT2D eigenvalue weighted by molar-refractivity contribution is 0.644. The molecule has 0 spiro atoms. The summed E-state index contributed by atoms with van der Waals surface area (Å²) < 4.78 is 0. The second-order valence-corrected chi connectivity index (χ2v) is 3.75. The predicted octanol–water partition coefficient (Wildman–Crippen LogP) is 3.09. The molecule has 0 saturated carbocycles. The van der Waals surface area contributed by atoms with Gasteiger partial charge in [-0.1, -0.05) is 32.0 Å². The van der Waals surface area contributed by atoms with Crippen LogP contribution in [0.1, 0.15) is 43.5 Å². The van der Waals surface area contributed by atoms with Crippen molar-refractivity contribution in [2.24, 2.45) is 0 Å². The lowest BCUT2D eigenvalue weighted by atomic mass is 9.96. The van der Waals surface area contributed by atoms with E-state index in [-0.39, 0.29) is 0 Å². The highest BCUT2D eigenvalue weighted by Crippen LogP contribution is 2.20. The van der Waals surface area contributed by atoms with Gasteiger partial charge in [0.25, 0.3) is 0 Å². The Bertz CT molecular complexity index is 291. The Morgan fingerprint density at radius 2 is 1.93 bits per heavy atom. The number of hydrogen-bond donors (Lipinski definition) is 1. The molecule has 1 nitrogen and oxygen atoms in total. The van der Waals surface area contributed by atoms with E-state index in [0.29, 0.717) is 6.04 Å². The Hall–Kier alpha value is -0.820. The fourth-order valence-corrected chi connectivity index (χ4v) is 1.74. The van der Waals surface area contributed by atoms with E-state index in [1.165, 1.54) is 16.7 Å². The van der Waals surface area contributed by atoms with Crippen LogP contribution in [-0.4, -0.2) is 7.05 Å². The molecule has 0 saturated heterocycles. The van der Waals surface area contributed by atoms with Crippen molar-refractivity contribution in [3.63, 3.8) is 0 Å². The molecule has 0 aliphatic carbocycles. The summed E-state index contributed by atoms with van der Waals surface area (Å²) in [5.74, 6) is 0. The van der Waals surface area contributed by atoms with E-state index >= 15 is 0 Å². The highest BCUT2D eigenvalue weighted by atomic mass is 14.9. The molecule has 0 aliphatic rings. The van der Waals surface area contributed by atoms with Gasteiger partial charge in [-0.05, 0) is 43.5 Å². The molecule has 78 valence electrons. The summed E-state index contributed by atoms with van der Waals surface area (Å²) in [6, 6.07) is 7.30. The minimum atomic E-state index is 0.455. The van der Waals surface area contributed by atoms with Crippen LogP contribution < -0.4 is 5.32 Å². The number of rotatable bonds is 4. The average Bonchev–Trinajstić information content (AvgIpc) is 2.27. The van der Waals surface area contributed by atoms with E-state index in [4.69, 9.17) is 0 Å². The van der Waals surface area contributed by atoms with Crippen molar-refractivity contribution in [3.05, 3.63) is 34.9 Å². The van der Waals surface area contributed by atoms with E-state index in [2.05, 4.69) is 44.3 Å². The summed E-state index contributed by atoms with van der Waals surface area (Å²) in [7, 11) is 2.02. The van der Waals surface area contributed by atoms with Crippen molar-refractivity contribution in [2.75, 3.05) is 7.05 Å². The van der Waals surface area contributed by atoms with Crippen molar-refractivity contribution >= 4 is 0 Å². The average molecular weight is 191 g/mol. The van der Waals surface area contributed by atoms with Crippen molar-refractivity contribution in [3.8, 4) is 0 Å². The summed E-state index contributed by atoms with van der Waals surface area (Å²) in [5.41, 5.74) is 4.35. The molecule has 1 unspecified atom stereocenters. The molecule has 0 aromatic heterocycles. The van der Waals surface area contributed by atoms with Gasteiger partial charge < -0.3 is 5.32 Å². The van der Waals surface area contributed by atoms with Gasteiger partial charge in [-0.15, -0.1) is 0 Å². The summed E-state index contributed by atoms with van der Waals surface area (Å²) >= 11 is 0. The fraction of sp³-hybridized carbons (Fsp3) is 0.538. The third kappa shape index (κ3) is 2.36. The zero-order valence-corrected chi connectivity index (χ0v) is 9.72. The first-order valence-corrected chi connectivity index (χ1v) is 5.51. The molecule has 1 N–H and O–H groups in total. The van der Waals surface area contributed by atoms with Crippen LogP contribution in [-0.2, 0) is 12.8 Å². The van der Waals surface area contributed by atoms with Crippen LogP contribution in [0.15, 0.2) is 18.2 Å². The molecule has 0 aliphatic heterocycles. The second kappa shape index (κ2) is 5.16. The van der Waals surface area contributed by atoms with E-state index < -0.39 is 0 Å². The maximum atomic E-state index is 3.31. The molecule has 0 heterocycles. The van der Waals surface area contributed by atoms with Crippen LogP contribution in [0, 0.1) is 0 Å². The predicted molar refractivity (Wildman–Crippen MR) is 62.7 cm³/mol. The summed E-state index contributed by atoms with van der Waals surface area (Å²) in [5, 5.41) is 3.31. The van der Waals surface area contributed by atoms with Crippen molar-refractivity contribution in [1.82, 2.24) is 5.32 Å². The van der Waals surface area contributed by atoms with Crippen LogP contribution in [0.3, 0.4) is 0 Å². The maximum Gasteiger partial charge on any atom is 0.0291 e. The minimum absolute atomic E-state index is 0.455. The molecular formula is C13H21N. The molecule has 14 heavy (non-hydrogen) atoms. The molecule has 1 heteroatoms. The fourth-order valence-electron chi connectivity index (χ4n) is 1.74. The first-order valence-electron chi connectivity index (χ1n) is 5.51. The molecule has 1 atom stereocenters. The molecule has 0 amide bonds. The second-order valence-electron chi connectivity index (χ2n) is 3.75. The molecule has 1 aromatic rings. The largest absolute Gasteiger partial charge is 0.313 e. The summed E-state index contributed by atoms with van der Waals surface area (Å²) in [6.45, 7) is 6.63. The molecule has 0 fully saturated rings. The quantitative estimate of drug-likeness (QED) is 0.771. The summed E-state index contributed by atoms with van der Waals surface area (Å²) in [6.07, 6.45) is 2.23. The first kappa shape index (κ1) is 11.3. The van der Waals surface area contributed by atoms with E-state index in [1.54, 1.807) is 0 Å². The first-order chi connectivity index (χ1) is 6.72. The lowest BCUT2D eigenvalue weighted by Gasteiger charge is -2.16. The lowest BCUT2D eigenvalue weighted by Crippen LogP contribution is -2.14. The van der Waals surface area contributed by atoms with Crippen molar-refractivity contribution < 1.29 is 0 Å². The Balaban J connectivity index is 3.08. The topological polar surface area (TPSA) is 12.0 Å². The maximum absolute atomic E-state index is 3.31. The molecule has 0 radical (unpaired) electrons. The van der Waals surface area contributed by atoms with Crippen LogP contribution >= 0.6 is 0 Å². The van der Waals surface area contributed by atoms with Gasteiger partial charge in [0.05, 0.1) is 0 Å². The summed E-state index contributed by atoms with van der Waals surface area (Å²) in [4.78, 5) is 0. The number of benzene rings is 1. The van der Waals surface area contributed by atoms with E-state index in [0.717, 1.165) is 12.8 Å². The Morgan fingerprint density at radius 3 is 2.43 bits per heavy atom. The Morgan fingerprint density at radius 1 is 1.21 bits per heavy atom. The zero-order chi connectivity index (χ0) is 10.6. The van der Waals surface area contributed by atoms with Crippen LogP contribution in [0.2, 0.25) is 0 Å². The van der Waals surface area contributed by atoms with Crippen LogP contribution in [0.4, 0.5) is 0 Å². The van der Waals surface area contributed by atoms with Gasteiger partial charge in [0.1, 0.15) is 0 Å². The van der Waals surface area contributed by atoms with Crippen LogP contribution in [0.5, 0.6) is 0 Å². The Kier molecular flexibility index (Phi) is 4.15. The molecule has 0 bridgehead atoms. The highest BCUT2D eigenvalue weighted by molar-refractivity contribution is 5.34. The highest BCUT2D eigenvalue weighted by Gasteiger charge is 2.07. The number of hydrogen-bond acceptors (Lipinski definition) is 1. The SMILES string of the molecule is CCc1ccc(CC)c(C(C)NC)c1. The van der Waals surface area contributed by atoms with Gasteiger partial charge in [0.2, 0.25) is 0 Å². The third-order valence-corrected chi connectivity index (χ3v) is 2.90. The Labute approximate surface area is 87.5 Å². The smallest absolute Gasteiger partial charge is 0.0291 e. The monoisotopic (exact) mass is 191 g/mol. The van der Waals surface area contributed by atoms with Gasteiger partial charge in [-0.25, -0.2) is 0 Å². The van der Waals surface area contributed by atoms with Gasteiger partial charge >= 0.3 is 0 Å².